The number of carbonyl (C=O) groups is 3. The van der Waals surface area contributed by atoms with Crippen LogP contribution >= 0.6 is 0 Å². The maximum atomic E-state index is 12.3. The summed E-state index contributed by atoms with van der Waals surface area (Å²) in [6.45, 7) is 12.7. The Labute approximate surface area is 155 Å². The standard InChI is InChI=1S/C18H32N2O6/c1-12-10-18(11-13(21)22,19-14(23)25-16(2,3)4)8-9-20(12)15(24)26-17(5,6)7/h12H,8-11H2,1-7H3,(H,19,23)(H,21,22). The van der Waals surface area contributed by atoms with Gasteiger partial charge in [-0.25, -0.2) is 9.59 Å². The van der Waals surface area contributed by atoms with Gasteiger partial charge in [-0.3, -0.25) is 4.79 Å². The minimum absolute atomic E-state index is 0.237. The molecule has 0 aliphatic carbocycles. The number of nitrogens with zero attached hydrogens (tertiary/aromatic N) is 1. The molecule has 0 radical (unpaired) electrons. The van der Waals surface area contributed by atoms with Crippen molar-refractivity contribution in [2.24, 2.45) is 0 Å². The van der Waals surface area contributed by atoms with E-state index in [1.807, 2.05) is 6.92 Å². The molecule has 0 bridgehead atoms. The molecule has 0 saturated carbocycles. The number of alkyl carbamates (subject to hydrolysis) is 1. The maximum Gasteiger partial charge on any atom is 0.410 e. The number of carbonyl (C=O) groups excluding carboxylic acids is 2. The average Bonchev–Trinajstić information content (AvgIpc) is 2.31. The van der Waals surface area contributed by atoms with Crippen LogP contribution in [0.15, 0.2) is 0 Å². The van der Waals surface area contributed by atoms with Crippen molar-refractivity contribution in [3.05, 3.63) is 0 Å². The van der Waals surface area contributed by atoms with Crippen LogP contribution in [0, 0.1) is 0 Å². The van der Waals surface area contributed by atoms with Crippen LogP contribution in [-0.4, -0.2) is 57.5 Å². The van der Waals surface area contributed by atoms with Gasteiger partial charge in [0.05, 0.1) is 12.0 Å². The summed E-state index contributed by atoms with van der Waals surface area (Å²) in [5.74, 6) is -1.01. The van der Waals surface area contributed by atoms with E-state index in [2.05, 4.69) is 5.32 Å². The van der Waals surface area contributed by atoms with Crippen LogP contribution in [-0.2, 0) is 14.3 Å². The Hall–Kier alpha value is -1.99. The van der Waals surface area contributed by atoms with Gasteiger partial charge < -0.3 is 24.8 Å². The van der Waals surface area contributed by atoms with E-state index in [1.165, 1.54) is 0 Å². The van der Waals surface area contributed by atoms with Crippen LogP contribution < -0.4 is 5.32 Å². The molecule has 1 saturated heterocycles. The fourth-order valence-corrected chi connectivity index (χ4v) is 3.05. The molecular formula is C18H32N2O6. The van der Waals surface area contributed by atoms with Gasteiger partial charge >= 0.3 is 18.2 Å². The second-order valence-corrected chi connectivity index (χ2v) is 8.95. The van der Waals surface area contributed by atoms with Gasteiger partial charge in [-0.1, -0.05) is 0 Å². The molecule has 0 spiro atoms. The molecule has 1 aliphatic heterocycles. The second-order valence-electron chi connectivity index (χ2n) is 8.95. The molecule has 8 heteroatoms. The van der Waals surface area contributed by atoms with Crippen LogP contribution in [0.25, 0.3) is 0 Å². The van der Waals surface area contributed by atoms with E-state index in [0.29, 0.717) is 19.4 Å². The molecule has 1 rings (SSSR count). The minimum Gasteiger partial charge on any atom is -0.481 e. The molecule has 2 unspecified atom stereocenters. The van der Waals surface area contributed by atoms with Crippen LogP contribution in [0.4, 0.5) is 9.59 Å². The smallest absolute Gasteiger partial charge is 0.410 e. The van der Waals surface area contributed by atoms with Crippen molar-refractivity contribution in [1.29, 1.82) is 0 Å². The third-order valence-corrected chi connectivity index (χ3v) is 3.93. The highest BCUT2D eigenvalue weighted by Gasteiger charge is 2.44. The molecule has 1 heterocycles. The van der Waals surface area contributed by atoms with E-state index >= 15 is 0 Å². The summed E-state index contributed by atoms with van der Waals surface area (Å²) >= 11 is 0. The van der Waals surface area contributed by atoms with Gasteiger partial charge in [0.15, 0.2) is 0 Å². The summed E-state index contributed by atoms with van der Waals surface area (Å²) in [4.78, 5) is 37.5. The molecule has 26 heavy (non-hydrogen) atoms. The number of carboxylic acids is 1. The van der Waals surface area contributed by atoms with E-state index in [1.54, 1.807) is 46.4 Å². The molecule has 8 nitrogen and oxygen atoms in total. The van der Waals surface area contributed by atoms with Gasteiger partial charge in [-0.15, -0.1) is 0 Å². The Bertz CT molecular complexity index is 549. The number of nitrogens with one attached hydrogen (secondary N) is 1. The molecule has 2 atom stereocenters. The lowest BCUT2D eigenvalue weighted by molar-refractivity contribution is -0.139. The molecule has 1 fully saturated rings. The Morgan fingerprint density at radius 2 is 1.65 bits per heavy atom. The fourth-order valence-electron chi connectivity index (χ4n) is 3.05. The molecule has 2 N–H and O–H groups in total. The summed E-state index contributed by atoms with van der Waals surface area (Å²) in [7, 11) is 0. The number of rotatable bonds is 3. The third-order valence-electron chi connectivity index (χ3n) is 3.93. The van der Waals surface area contributed by atoms with E-state index in [4.69, 9.17) is 9.47 Å². The van der Waals surface area contributed by atoms with Crippen molar-refractivity contribution in [3.63, 3.8) is 0 Å². The molecule has 2 amide bonds. The Morgan fingerprint density at radius 1 is 1.12 bits per heavy atom. The van der Waals surface area contributed by atoms with Gasteiger partial charge in [0, 0.05) is 12.6 Å². The maximum absolute atomic E-state index is 12.3. The molecular weight excluding hydrogens is 340 g/mol. The van der Waals surface area contributed by atoms with Gasteiger partial charge in [0.25, 0.3) is 0 Å². The first-order valence-corrected chi connectivity index (χ1v) is 8.85. The zero-order chi connectivity index (χ0) is 20.3. The Balaban J connectivity index is 2.88. The lowest BCUT2D eigenvalue weighted by Gasteiger charge is -2.45. The number of amides is 2. The highest BCUT2D eigenvalue weighted by atomic mass is 16.6. The molecule has 0 aromatic heterocycles. The number of hydrogen-bond donors (Lipinski definition) is 2. The Morgan fingerprint density at radius 3 is 2.08 bits per heavy atom. The van der Waals surface area contributed by atoms with Gasteiger partial charge in [-0.05, 0) is 61.3 Å². The quantitative estimate of drug-likeness (QED) is 0.788. The summed E-state index contributed by atoms with van der Waals surface area (Å²) in [6, 6.07) is -0.284. The lowest BCUT2D eigenvalue weighted by atomic mass is 9.81. The predicted octanol–water partition coefficient (Wildman–Crippen LogP) is 3.14. The van der Waals surface area contributed by atoms with Gasteiger partial charge in [-0.2, -0.15) is 0 Å². The highest BCUT2D eigenvalue weighted by molar-refractivity contribution is 5.73. The number of ether oxygens (including phenoxy) is 2. The topological polar surface area (TPSA) is 105 Å². The molecule has 0 aromatic carbocycles. The van der Waals surface area contributed by atoms with Crippen molar-refractivity contribution in [2.45, 2.75) is 90.5 Å². The van der Waals surface area contributed by atoms with Crippen LogP contribution in [0.5, 0.6) is 0 Å². The van der Waals surface area contributed by atoms with E-state index < -0.39 is 34.9 Å². The monoisotopic (exact) mass is 372 g/mol. The first kappa shape index (κ1) is 22.1. The molecule has 0 aromatic rings. The van der Waals surface area contributed by atoms with Crippen molar-refractivity contribution < 1.29 is 29.0 Å². The number of carboxylic acid groups (broad SMARTS) is 1. The Kier molecular flexibility index (Phi) is 6.54. The van der Waals surface area contributed by atoms with Gasteiger partial charge in [0.2, 0.25) is 0 Å². The van der Waals surface area contributed by atoms with Crippen LogP contribution in [0.2, 0.25) is 0 Å². The van der Waals surface area contributed by atoms with Crippen molar-refractivity contribution in [1.82, 2.24) is 10.2 Å². The summed E-state index contributed by atoms with van der Waals surface area (Å²) in [6.07, 6.45) is -0.721. The van der Waals surface area contributed by atoms with Crippen molar-refractivity contribution >= 4 is 18.2 Å². The number of piperidine rings is 1. The zero-order valence-electron chi connectivity index (χ0n) is 16.8. The summed E-state index contributed by atoms with van der Waals surface area (Å²) < 4.78 is 10.7. The number of aliphatic carboxylic acids is 1. The van der Waals surface area contributed by atoms with Crippen molar-refractivity contribution in [3.8, 4) is 0 Å². The molecule has 150 valence electrons. The van der Waals surface area contributed by atoms with Crippen molar-refractivity contribution in [2.75, 3.05) is 6.54 Å². The molecule has 1 aliphatic rings. The van der Waals surface area contributed by atoms with E-state index in [-0.39, 0.29) is 12.5 Å². The van der Waals surface area contributed by atoms with E-state index in [9.17, 15) is 19.5 Å². The fraction of sp³-hybridized carbons (Fsp3) is 0.833. The normalized spacial score (nSPS) is 24.0. The predicted molar refractivity (Wildman–Crippen MR) is 96.0 cm³/mol. The van der Waals surface area contributed by atoms with Crippen LogP contribution in [0.1, 0.15) is 67.7 Å². The largest absolute Gasteiger partial charge is 0.481 e. The van der Waals surface area contributed by atoms with Gasteiger partial charge in [0.1, 0.15) is 11.2 Å². The third kappa shape index (κ3) is 7.09. The number of likely N-dealkylation sites (tertiary alicyclic amines) is 1. The van der Waals surface area contributed by atoms with E-state index in [0.717, 1.165) is 0 Å². The summed E-state index contributed by atoms with van der Waals surface area (Å²) in [5, 5.41) is 12.0. The first-order valence-electron chi connectivity index (χ1n) is 8.85. The average molecular weight is 372 g/mol. The lowest BCUT2D eigenvalue weighted by Crippen LogP contribution is -2.60. The SMILES string of the molecule is CC1CC(CC(=O)O)(NC(=O)OC(C)(C)C)CCN1C(=O)OC(C)(C)C. The number of hydrogen-bond acceptors (Lipinski definition) is 5. The van der Waals surface area contributed by atoms with Crippen LogP contribution in [0.3, 0.4) is 0 Å². The summed E-state index contributed by atoms with van der Waals surface area (Å²) in [5.41, 5.74) is -2.26. The first-order chi connectivity index (χ1) is 11.6. The second kappa shape index (κ2) is 7.72. The highest BCUT2D eigenvalue weighted by Crippen LogP contribution is 2.31. The minimum atomic E-state index is -1.01. The zero-order valence-corrected chi connectivity index (χ0v) is 16.8.